The van der Waals surface area contributed by atoms with Gasteiger partial charge in [0.1, 0.15) is 0 Å². The first-order valence-electron chi connectivity index (χ1n) is 4.38. The largest absolute Gasteiger partial charge is 0.397 e. The van der Waals surface area contributed by atoms with Crippen molar-refractivity contribution in [3.05, 3.63) is 27.2 Å². The van der Waals surface area contributed by atoms with Gasteiger partial charge >= 0.3 is 0 Å². The highest BCUT2D eigenvalue weighted by Crippen LogP contribution is 2.28. The lowest BCUT2D eigenvalue weighted by Gasteiger charge is -2.07. The van der Waals surface area contributed by atoms with Gasteiger partial charge in [-0.15, -0.1) is 0 Å². The third kappa shape index (κ3) is 2.89. The van der Waals surface area contributed by atoms with Crippen molar-refractivity contribution < 1.29 is 0 Å². The smallest absolute Gasteiger partial charge is 0.0649 e. The summed E-state index contributed by atoms with van der Waals surface area (Å²) < 4.78 is 0.998. The minimum atomic E-state index is 0.639. The van der Waals surface area contributed by atoms with Crippen molar-refractivity contribution in [3.63, 3.8) is 0 Å². The number of rotatable bonds is 3. The normalized spacial score (nSPS) is 10.4. The Labute approximate surface area is 92.4 Å². The summed E-state index contributed by atoms with van der Waals surface area (Å²) >= 11 is 9.34. The number of hydrogen-bond acceptors (Lipinski definition) is 1. The van der Waals surface area contributed by atoms with Gasteiger partial charge < -0.3 is 5.73 Å². The van der Waals surface area contributed by atoms with E-state index < -0.39 is 0 Å². The Morgan fingerprint density at radius 1 is 1.46 bits per heavy atom. The van der Waals surface area contributed by atoms with Crippen LogP contribution in [0.25, 0.3) is 0 Å². The van der Waals surface area contributed by atoms with Crippen LogP contribution in [0.2, 0.25) is 5.02 Å². The standard InChI is InChI=1S/C10H13BrClN/c1-2-3-4-7-5-8(11)6-9(12)10(7)13/h5-6H,2-4,13H2,1H3. The maximum Gasteiger partial charge on any atom is 0.0649 e. The second-order valence-corrected chi connectivity index (χ2v) is 4.39. The van der Waals surface area contributed by atoms with Crippen LogP contribution >= 0.6 is 27.5 Å². The van der Waals surface area contributed by atoms with Gasteiger partial charge in [-0.05, 0) is 30.5 Å². The molecule has 0 radical (unpaired) electrons. The number of benzene rings is 1. The number of aryl methyl sites for hydroxylation is 1. The van der Waals surface area contributed by atoms with Gasteiger partial charge in [0.2, 0.25) is 0 Å². The van der Waals surface area contributed by atoms with Gasteiger partial charge in [-0.25, -0.2) is 0 Å². The predicted molar refractivity (Wildman–Crippen MR) is 62.2 cm³/mol. The van der Waals surface area contributed by atoms with Crippen molar-refractivity contribution in [1.29, 1.82) is 0 Å². The quantitative estimate of drug-likeness (QED) is 0.818. The number of halogens is 2. The Morgan fingerprint density at radius 2 is 2.15 bits per heavy atom. The fourth-order valence-corrected chi connectivity index (χ4v) is 2.09. The second kappa shape index (κ2) is 4.87. The van der Waals surface area contributed by atoms with E-state index in [1.165, 1.54) is 6.42 Å². The van der Waals surface area contributed by atoms with Crippen LogP contribution in [-0.2, 0) is 6.42 Å². The van der Waals surface area contributed by atoms with Crippen LogP contribution in [-0.4, -0.2) is 0 Å². The lowest BCUT2D eigenvalue weighted by molar-refractivity contribution is 0.796. The van der Waals surface area contributed by atoms with E-state index in [0.29, 0.717) is 5.02 Å². The molecule has 0 spiro atoms. The molecule has 0 aliphatic rings. The van der Waals surface area contributed by atoms with Gasteiger partial charge in [-0.2, -0.15) is 0 Å². The molecule has 1 aromatic carbocycles. The molecule has 0 aliphatic carbocycles. The molecular formula is C10H13BrClN. The van der Waals surface area contributed by atoms with Crippen molar-refractivity contribution in [2.75, 3.05) is 5.73 Å². The Kier molecular flexibility index (Phi) is 4.07. The van der Waals surface area contributed by atoms with Gasteiger partial charge in [-0.3, -0.25) is 0 Å². The molecular weight excluding hydrogens is 249 g/mol. The summed E-state index contributed by atoms with van der Waals surface area (Å²) in [5.41, 5.74) is 7.70. The summed E-state index contributed by atoms with van der Waals surface area (Å²) in [5.74, 6) is 0. The van der Waals surface area contributed by atoms with Crippen molar-refractivity contribution in [3.8, 4) is 0 Å². The van der Waals surface area contributed by atoms with Crippen molar-refractivity contribution >= 4 is 33.2 Å². The van der Waals surface area contributed by atoms with Gasteiger partial charge in [0.25, 0.3) is 0 Å². The van der Waals surface area contributed by atoms with Crippen molar-refractivity contribution in [1.82, 2.24) is 0 Å². The molecule has 0 aromatic heterocycles. The summed E-state index contributed by atoms with van der Waals surface area (Å²) in [5, 5.41) is 0.639. The topological polar surface area (TPSA) is 26.0 Å². The van der Waals surface area contributed by atoms with E-state index in [4.69, 9.17) is 17.3 Å². The first kappa shape index (κ1) is 10.9. The first-order chi connectivity index (χ1) is 6.15. The average molecular weight is 263 g/mol. The molecule has 0 bridgehead atoms. The fraction of sp³-hybridized carbons (Fsp3) is 0.400. The van der Waals surface area contributed by atoms with E-state index in [2.05, 4.69) is 22.9 Å². The molecule has 1 aromatic rings. The number of nitrogens with two attached hydrogens (primary N) is 1. The molecule has 0 saturated heterocycles. The van der Waals surface area contributed by atoms with E-state index in [9.17, 15) is 0 Å². The molecule has 0 amide bonds. The van der Waals surface area contributed by atoms with Crippen LogP contribution in [0.15, 0.2) is 16.6 Å². The molecule has 0 aliphatic heterocycles. The van der Waals surface area contributed by atoms with Crippen molar-refractivity contribution in [2.24, 2.45) is 0 Å². The molecule has 2 N–H and O–H groups in total. The molecule has 13 heavy (non-hydrogen) atoms. The maximum atomic E-state index is 5.94. The summed E-state index contributed by atoms with van der Waals surface area (Å²) in [4.78, 5) is 0. The maximum absolute atomic E-state index is 5.94. The molecule has 0 atom stereocenters. The van der Waals surface area contributed by atoms with Crippen LogP contribution in [0, 0.1) is 0 Å². The predicted octanol–water partition coefficient (Wildman–Crippen LogP) is 4.03. The third-order valence-corrected chi connectivity index (χ3v) is 2.75. The molecule has 0 unspecified atom stereocenters. The minimum absolute atomic E-state index is 0.639. The Morgan fingerprint density at radius 3 is 2.77 bits per heavy atom. The monoisotopic (exact) mass is 261 g/mol. The highest BCUT2D eigenvalue weighted by molar-refractivity contribution is 9.10. The zero-order chi connectivity index (χ0) is 9.84. The first-order valence-corrected chi connectivity index (χ1v) is 5.55. The second-order valence-electron chi connectivity index (χ2n) is 3.06. The van der Waals surface area contributed by atoms with Crippen LogP contribution in [0.4, 0.5) is 5.69 Å². The van der Waals surface area contributed by atoms with Gasteiger partial charge in [-0.1, -0.05) is 40.9 Å². The fourth-order valence-electron chi connectivity index (χ4n) is 1.21. The Hall–Kier alpha value is -0.210. The highest BCUT2D eigenvalue weighted by Gasteiger charge is 2.04. The molecule has 1 rings (SSSR count). The SMILES string of the molecule is CCCCc1cc(Br)cc(Cl)c1N. The van der Waals surface area contributed by atoms with E-state index in [1.807, 2.05) is 12.1 Å². The molecule has 72 valence electrons. The Bertz CT molecular complexity index is 299. The summed E-state index contributed by atoms with van der Waals surface area (Å²) in [6, 6.07) is 3.86. The van der Waals surface area contributed by atoms with Gasteiger partial charge in [0.15, 0.2) is 0 Å². The minimum Gasteiger partial charge on any atom is -0.397 e. The number of anilines is 1. The van der Waals surface area contributed by atoms with E-state index in [0.717, 1.165) is 28.6 Å². The van der Waals surface area contributed by atoms with E-state index in [-0.39, 0.29) is 0 Å². The van der Waals surface area contributed by atoms with Crippen LogP contribution < -0.4 is 5.73 Å². The van der Waals surface area contributed by atoms with Crippen LogP contribution in [0.3, 0.4) is 0 Å². The molecule has 1 nitrogen and oxygen atoms in total. The number of hydrogen-bond donors (Lipinski definition) is 1. The third-order valence-electron chi connectivity index (χ3n) is 1.98. The number of nitrogen functional groups attached to an aromatic ring is 1. The number of unbranched alkanes of at least 4 members (excludes halogenated alkanes) is 1. The van der Waals surface area contributed by atoms with E-state index >= 15 is 0 Å². The molecule has 0 heterocycles. The van der Waals surface area contributed by atoms with Gasteiger partial charge in [0.05, 0.1) is 10.7 Å². The summed E-state index contributed by atoms with van der Waals surface area (Å²) in [6.07, 6.45) is 3.32. The lowest BCUT2D eigenvalue weighted by atomic mass is 10.1. The lowest BCUT2D eigenvalue weighted by Crippen LogP contribution is -1.95. The molecule has 0 saturated carbocycles. The zero-order valence-electron chi connectivity index (χ0n) is 7.61. The van der Waals surface area contributed by atoms with Crippen LogP contribution in [0.5, 0.6) is 0 Å². The van der Waals surface area contributed by atoms with Gasteiger partial charge in [0, 0.05) is 4.47 Å². The summed E-state index contributed by atoms with van der Waals surface area (Å²) in [7, 11) is 0. The molecule has 3 heteroatoms. The molecule has 0 fully saturated rings. The van der Waals surface area contributed by atoms with E-state index in [1.54, 1.807) is 0 Å². The van der Waals surface area contributed by atoms with Crippen molar-refractivity contribution in [2.45, 2.75) is 26.2 Å². The van der Waals surface area contributed by atoms with Crippen LogP contribution in [0.1, 0.15) is 25.3 Å². The average Bonchev–Trinajstić information content (AvgIpc) is 2.09. The zero-order valence-corrected chi connectivity index (χ0v) is 9.95. The Balaban J connectivity index is 2.92. The summed E-state index contributed by atoms with van der Waals surface area (Å²) in [6.45, 7) is 2.16. The highest BCUT2D eigenvalue weighted by atomic mass is 79.9.